The Hall–Kier alpha value is -3.23. The van der Waals surface area contributed by atoms with Crippen molar-refractivity contribution in [1.29, 1.82) is 0 Å². The van der Waals surface area contributed by atoms with Crippen LogP contribution in [-0.4, -0.2) is 41.0 Å². The average molecular weight is 398 g/mol. The molecule has 0 radical (unpaired) electrons. The van der Waals surface area contributed by atoms with Gasteiger partial charge in [0.15, 0.2) is 23.0 Å². The summed E-state index contributed by atoms with van der Waals surface area (Å²) in [5, 5.41) is 0. The first kappa shape index (κ1) is 21.1. The lowest BCUT2D eigenvalue weighted by molar-refractivity contribution is -0.0512. The molecule has 0 amide bonds. The van der Waals surface area contributed by atoms with E-state index in [1.54, 1.807) is 0 Å². The minimum Gasteiger partial charge on any atom is -0.493 e. The van der Waals surface area contributed by atoms with Gasteiger partial charge in [-0.05, 0) is 29.8 Å². The van der Waals surface area contributed by atoms with E-state index in [9.17, 15) is 13.6 Å². The molecule has 0 aliphatic rings. The quantitative estimate of drug-likeness (QED) is 0.597. The molecule has 0 spiro atoms. The molecule has 9 heteroatoms. The second-order valence-corrected chi connectivity index (χ2v) is 5.35. The second kappa shape index (κ2) is 9.63. The minimum atomic E-state index is -2.97. The summed E-state index contributed by atoms with van der Waals surface area (Å²) in [6, 6.07) is 7.17. The van der Waals surface area contributed by atoms with Crippen molar-refractivity contribution in [3.8, 4) is 28.7 Å². The first-order valence-corrected chi connectivity index (χ1v) is 8.02. The number of ether oxygens (including phenoxy) is 6. The van der Waals surface area contributed by atoms with Gasteiger partial charge in [0.05, 0.1) is 34.0 Å². The Bertz CT molecular complexity index is 799. The maximum absolute atomic E-state index is 12.4. The van der Waals surface area contributed by atoms with Crippen molar-refractivity contribution >= 4 is 5.97 Å². The van der Waals surface area contributed by atoms with E-state index in [0.717, 1.165) is 0 Å². The van der Waals surface area contributed by atoms with Gasteiger partial charge in [-0.3, -0.25) is 0 Å². The molecule has 2 rings (SSSR count). The fourth-order valence-electron chi connectivity index (χ4n) is 2.43. The van der Waals surface area contributed by atoms with E-state index in [1.165, 1.54) is 58.8 Å². The van der Waals surface area contributed by atoms with Gasteiger partial charge >= 0.3 is 12.6 Å². The van der Waals surface area contributed by atoms with Crippen molar-refractivity contribution in [3.63, 3.8) is 0 Å². The van der Waals surface area contributed by atoms with E-state index in [1.807, 2.05) is 0 Å². The molecule has 0 saturated carbocycles. The number of alkyl halides is 2. The number of carbonyl (C=O) groups is 1. The Morgan fingerprint density at radius 2 is 1.46 bits per heavy atom. The van der Waals surface area contributed by atoms with Crippen LogP contribution in [0.4, 0.5) is 8.78 Å². The highest BCUT2D eigenvalue weighted by Gasteiger charge is 2.18. The van der Waals surface area contributed by atoms with Crippen LogP contribution in [0, 0.1) is 0 Å². The molecule has 0 saturated heterocycles. The number of esters is 1. The van der Waals surface area contributed by atoms with Crippen LogP contribution in [0.15, 0.2) is 30.3 Å². The topological polar surface area (TPSA) is 72.5 Å². The van der Waals surface area contributed by atoms with E-state index in [2.05, 4.69) is 4.74 Å². The van der Waals surface area contributed by atoms with Crippen molar-refractivity contribution in [2.45, 2.75) is 13.2 Å². The molecule has 28 heavy (non-hydrogen) atoms. The number of hydrogen-bond donors (Lipinski definition) is 0. The van der Waals surface area contributed by atoms with Crippen molar-refractivity contribution in [1.82, 2.24) is 0 Å². The van der Waals surface area contributed by atoms with E-state index >= 15 is 0 Å². The number of carbonyl (C=O) groups excluding carboxylic acids is 1. The van der Waals surface area contributed by atoms with Gasteiger partial charge in [0.25, 0.3) is 0 Å². The Balaban J connectivity index is 2.16. The van der Waals surface area contributed by atoms with Gasteiger partial charge in [-0.25, -0.2) is 4.79 Å². The summed E-state index contributed by atoms with van der Waals surface area (Å²) in [5.41, 5.74) is 0.721. The minimum absolute atomic E-state index is 0.0987. The fraction of sp³-hybridized carbons (Fsp3) is 0.316. The van der Waals surface area contributed by atoms with Crippen molar-refractivity contribution in [2.24, 2.45) is 0 Å². The molecule has 7 nitrogen and oxygen atoms in total. The molecule has 0 atom stereocenters. The van der Waals surface area contributed by atoms with Crippen LogP contribution in [0.2, 0.25) is 0 Å². The zero-order valence-electron chi connectivity index (χ0n) is 15.8. The predicted octanol–water partition coefficient (Wildman–Crippen LogP) is 3.68. The zero-order valence-corrected chi connectivity index (χ0v) is 15.8. The third-order valence-electron chi connectivity index (χ3n) is 3.71. The molecule has 0 fully saturated rings. The molecular weight excluding hydrogens is 378 g/mol. The number of hydrogen-bond acceptors (Lipinski definition) is 7. The summed E-state index contributed by atoms with van der Waals surface area (Å²) in [6.07, 6.45) is 0. The van der Waals surface area contributed by atoms with Gasteiger partial charge in [0, 0.05) is 0 Å². The van der Waals surface area contributed by atoms with E-state index in [4.69, 9.17) is 23.7 Å². The number of rotatable bonds is 9. The van der Waals surface area contributed by atoms with Crippen LogP contribution in [0.3, 0.4) is 0 Å². The van der Waals surface area contributed by atoms with Gasteiger partial charge in [-0.15, -0.1) is 0 Å². The molecular formula is C19H20F2O7. The van der Waals surface area contributed by atoms with Crippen LogP contribution in [0.25, 0.3) is 0 Å². The molecule has 152 valence electrons. The lowest BCUT2D eigenvalue weighted by Crippen LogP contribution is -2.07. The van der Waals surface area contributed by atoms with Gasteiger partial charge < -0.3 is 28.4 Å². The molecule has 0 aliphatic heterocycles. The lowest BCUT2D eigenvalue weighted by Gasteiger charge is -2.14. The summed E-state index contributed by atoms with van der Waals surface area (Å²) in [6.45, 7) is -3.08. The normalized spacial score (nSPS) is 10.4. The Labute approximate surface area is 160 Å². The summed E-state index contributed by atoms with van der Waals surface area (Å²) >= 11 is 0. The van der Waals surface area contributed by atoms with Crippen LogP contribution in [-0.2, 0) is 11.3 Å². The standard InChI is InChI=1S/C19H20F2O7/c1-23-14-7-11(5-6-13(14)28-19(20)21)10-27-18(22)12-8-15(24-2)17(26-4)16(9-12)25-3/h5-9,19H,10H2,1-4H3. The first-order valence-electron chi connectivity index (χ1n) is 8.02. The summed E-state index contributed by atoms with van der Waals surface area (Å²) < 4.78 is 55.0. The molecule has 0 heterocycles. The first-order chi connectivity index (χ1) is 13.4. The summed E-state index contributed by atoms with van der Waals surface area (Å²) in [5.74, 6) is 0.318. The third kappa shape index (κ3) is 4.93. The molecule has 0 aromatic heterocycles. The Morgan fingerprint density at radius 1 is 0.857 bits per heavy atom. The highest BCUT2D eigenvalue weighted by Crippen LogP contribution is 2.38. The SMILES string of the molecule is COc1cc(COC(=O)c2cc(OC)c(OC)c(OC)c2)ccc1OC(F)F. The largest absolute Gasteiger partial charge is 0.493 e. The van der Waals surface area contributed by atoms with E-state index < -0.39 is 12.6 Å². The molecule has 0 bridgehead atoms. The third-order valence-corrected chi connectivity index (χ3v) is 3.71. The monoisotopic (exact) mass is 398 g/mol. The number of halogens is 2. The average Bonchev–Trinajstić information content (AvgIpc) is 2.70. The highest BCUT2D eigenvalue weighted by atomic mass is 19.3. The zero-order chi connectivity index (χ0) is 20.7. The van der Waals surface area contributed by atoms with Gasteiger partial charge in [0.2, 0.25) is 5.75 Å². The van der Waals surface area contributed by atoms with E-state index in [-0.39, 0.29) is 23.7 Å². The van der Waals surface area contributed by atoms with Gasteiger partial charge in [-0.1, -0.05) is 6.07 Å². The summed E-state index contributed by atoms with van der Waals surface area (Å²) in [4.78, 5) is 12.4. The number of benzene rings is 2. The molecule has 2 aromatic carbocycles. The van der Waals surface area contributed by atoms with Crippen LogP contribution < -0.4 is 23.7 Å². The van der Waals surface area contributed by atoms with Crippen molar-refractivity contribution < 1.29 is 42.0 Å². The lowest BCUT2D eigenvalue weighted by atomic mass is 10.1. The molecule has 2 aromatic rings. The predicted molar refractivity (Wildman–Crippen MR) is 94.8 cm³/mol. The van der Waals surface area contributed by atoms with Crippen LogP contribution in [0.5, 0.6) is 28.7 Å². The summed E-state index contributed by atoms with van der Waals surface area (Å²) in [7, 11) is 5.63. The maximum Gasteiger partial charge on any atom is 0.387 e. The van der Waals surface area contributed by atoms with Crippen molar-refractivity contribution in [2.75, 3.05) is 28.4 Å². The molecule has 0 N–H and O–H groups in total. The van der Waals surface area contributed by atoms with Crippen molar-refractivity contribution in [3.05, 3.63) is 41.5 Å². The maximum atomic E-state index is 12.4. The Kier molecular flexibility index (Phi) is 7.25. The molecule has 0 aliphatic carbocycles. The van der Waals surface area contributed by atoms with Gasteiger partial charge in [-0.2, -0.15) is 8.78 Å². The van der Waals surface area contributed by atoms with Crippen LogP contribution in [0.1, 0.15) is 15.9 Å². The van der Waals surface area contributed by atoms with Crippen LogP contribution >= 0.6 is 0 Å². The molecule has 0 unspecified atom stereocenters. The van der Waals surface area contributed by atoms with E-state index in [0.29, 0.717) is 22.8 Å². The number of methoxy groups -OCH3 is 4. The fourth-order valence-corrected chi connectivity index (χ4v) is 2.43. The Morgan fingerprint density at radius 3 is 1.96 bits per heavy atom. The second-order valence-electron chi connectivity index (χ2n) is 5.35. The van der Waals surface area contributed by atoms with Gasteiger partial charge in [0.1, 0.15) is 6.61 Å². The smallest absolute Gasteiger partial charge is 0.387 e. The highest BCUT2D eigenvalue weighted by molar-refractivity contribution is 5.91.